The summed E-state index contributed by atoms with van der Waals surface area (Å²) in [5.74, 6) is 0.420. The number of nitrogens with one attached hydrogen (secondary N) is 1. The van der Waals surface area contributed by atoms with Crippen molar-refractivity contribution in [3.63, 3.8) is 0 Å². The average Bonchev–Trinajstić information content (AvgIpc) is 2.25. The maximum atomic E-state index is 13.3. The van der Waals surface area contributed by atoms with Crippen LogP contribution in [0.3, 0.4) is 0 Å². The second kappa shape index (κ2) is 5.98. The van der Waals surface area contributed by atoms with Gasteiger partial charge in [-0.2, -0.15) is 0 Å². The van der Waals surface area contributed by atoms with Crippen LogP contribution in [-0.2, 0) is 6.42 Å². The van der Waals surface area contributed by atoms with Gasteiger partial charge < -0.3 is 4.74 Å². The zero-order chi connectivity index (χ0) is 12.3. The Labute approximate surface area is 110 Å². The van der Waals surface area contributed by atoms with Crippen LogP contribution >= 0.6 is 22.6 Å². The van der Waals surface area contributed by atoms with Gasteiger partial charge in [-0.05, 0) is 35.1 Å². The fraction of sp³-hybridized carbons (Fsp3) is 0.500. The minimum atomic E-state index is -0.223. The van der Waals surface area contributed by atoms with Gasteiger partial charge >= 0.3 is 0 Å². The summed E-state index contributed by atoms with van der Waals surface area (Å²) < 4.78 is 22.2. The lowest BCUT2D eigenvalue weighted by molar-refractivity contribution is 0.0954. The number of hydrogen-bond donors (Lipinski definition) is 2. The number of benzene rings is 1. The standard InChI is InChI=1S/C12H16FNOS2/c1-2-8-3-9(13)5-11(4-8)15-12-6-10(7-12)14-17-16/h3-5,10,12,14,16H,2,6-7H2,1H3/t10-,12+. The molecule has 0 amide bonds. The molecule has 1 aliphatic carbocycles. The van der Waals surface area contributed by atoms with Crippen LogP contribution in [-0.4, -0.2) is 12.1 Å². The summed E-state index contributed by atoms with van der Waals surface area (Å²) in [5.41, 5.74) is 0.972. The first-order chi connectivity index (χ1) is 8.21. The van der Waals surface area contributed by atoms with Crippen molar-refractivity contribution < 1.29 is 9.13 Å². The van der Waals surface area contributed by atoms with Gasteiger partial charge in [-0.1, -0.05) is 18.6 Å². The minimum Gasteiger partial charge on any atom is -0.490 e. The molecule has 2 nitrogen and oxygen atoms in total. The van der Waals surface area contributed by atoms with Gasteiger partial charge in [0.05, 0.1) is 0 Å². The molecule has 0 aromatic heterocycles. The van der Waals surface area contributed by atoms with E-state index in [4.69, 9.17) is 4.74 Å². The molecule has 94 valence electrons. The second-order valence-corrected chi connectivity index (χ2v) is 5.23. The molecule has 0 atom stereocenters. The predicted molar refractivity (Wildman–Crippen MR) is 72.9 cm³/mol. The Morgan fingerprint density at radius 2 is 2.24 bits per heavy atom. The average molecular weight is 273 g/mol. The van der Waals surface area contributed by atoms with Crippen LogP contribution in [0, 0.1) is 5.82 Å². The molecule has 1 aromatic carbocycles. The van der Waals surface area contributed by atoms with E-state index in [1.165, 1.54) is 17.0 Å². The molecule has 0 radical (unpaired) electrons. The molecule has 0 bridgehead atoms. The summed E-state index contributed by atoms with van der Waals surface area (Å²) >= 11 is 4.03. The summed E-state index contributed by atoms with van der Waals surface area (Å²) in [6.45, 7) is 2.01. The third-order valence-corrected chi connectivity index (χ3v) is 3.71. The van der Waals surface area contributed by atoms with E-state index < -0.39 is 0 Å². The number of hydrogen-bond acceptors (Lipinski definition) is 4. The first-order valence-electron chi connectivity index (χ1n) is 5.73. The molecule has 17 heavy (non-hydrogen) atoms. The topological polar surface area (TPSA) is 21.3 Å². The van der Waals surface area contributed by atoms with Crippen LogP contribution < -0.4 is 9.46 Å². The highest BCUT2D eigenvalue weighted by atomic mass is 33.1. The summed E-state index contributed by atoms with van der Waals surface area (Å²) in [7, 11) is 1.33. The quantitative estimate of drug-likeness (QED) is 0.488. The zero-order valence-corrected chi connectivity index (χ0v) is 11.4. The monoisotopic (exact) mass is 273 g/mol. The summed E-state index contributed by atoms with van der Waals surface area (Å²) in [4.78, 5) is 0. The van der Waals surface area contributed by atoms with E-state index in [1.54, 1.807) is 6.07 Å². The molecule has 0 unspecified atom stereocenters. The second-order valence-electron chi connectivity index (χ2n) is 4.27. The van der Waals surface area contributed by atoms with Gasteiger partial charge in [0.1, 0.15) is 17.7 Å². The van der Waals surface area contributed by atoms with E-state index in [2.05, 4.69) is 16.4 Å². The molecule has 0 aliphatic heterocycles. The Kier molecular flexibility index (Phi) is 4.59. The van der Waals surface area contributed by atoms with Gasteiger partial charge in [0, 0.05) is 24.9 Å². The number of aryl methyl sites for hydroxylation is 1. The van der Waals surface area contributed by atoms with Gasteiger partial charge in [-0.15, -0.1) is 0 Å². The Hall–Kier alpha value is -0.390. The largest absolute Gasteiger partial charge is 0.490 e. The third kappa shape index (κ3) is 3.53. The first-order valence-corrected chi connectivity index (χ1v) is 7.60. The molecule has 1 N–H and O–H groups in total. The van der Waals surface area contributed by atoms with Gasteiger partial charge in [0.2, 0.25) is 0 Å². The normalized spacial score (nSPS) is 23.2. The van der Waals surface area contributed by atoms with Crippen LogP contribution in [0.5, 0.6) is 5.75 Å². The fourth-order valence-corrected chi connectivity index (χ4v) is 2.71. The lowest BCUT2D eigenvalue weighted by Crippen LogP contribution is -2.44. The van der Waals surface area contributed by atoms with Crippen LogP contribution in [0.4, 0.5) is 4.39 Å². The fourth-order valence-electron chi connectivity index (χ4n) is 1.92. The maximum Gasteiger partial charge on any atom is 0.127 e. The highest BCUT2D eigenvalue weighted by Gasteiger charge is 2.30. The number of rotatable bonds is 5. The predicted octanol–water partition coefficient (Wildman–Crippen LogP) is 3.38. The third-order valence-electron chi connectivity index (χ3n) is 2.96. The summed E-state index contributed by atoms with van der Waals surface area (Å²) in [5, 5.41) is 0. The Morgan fingerprint density at radius 1 is 1.47 bits per heavy atom. The molecule has 1 aliphatic rings. The van der Waals surface area contributed by atoms with Gasteiger partial charge in [-0.3, -0.25) is 4.72 Å². The van der Waals surface area contributed by atoms with Gasteiger partial charge in [0.25, 0.3) is 0 Å². The van der Waals surface area contributed by atoms with Crippen LogP contribution in [0.1, 0.15) is 25.3 Å². The van der Waals surface area contributed by atoms with Crippen LogP contribution in [0.2, 0.25) is 0 Å². The van der Waals surface area contributed by atoms with Crippen molar-refractivity contribution in [2.45, 2.75) is 38.3 Å². The minimum absolute atomic E-state index is 0.194. The molecule has 0 saturated heterocycles. The van der Waals surface area contributed by atoms with E-state index in [1.807, 2.05) is 13.0 Å². The molecular formula is C12H16FNOS2. The van der Waals surface area contributed by atoms with E-state index in [0.717, 1.165) is 24.8 Å². The molecule has 5 heteroatoms. The first kappa shape index (κ1) is 13.1. The Bertz CT molecular complexity index is 383. The molecule has 2 rings (SSSR count). The van der Waals surface area contributed by atoms with E-state index >= 15 is 0 Å². The van der Waals surface area contributed by atoms with Crippen molar-refractivity contribution in [2.75, 3.05) is 0 Å². The molecular weight excluding hydrogens is 257 g/mol. The molecule has 0 spiro atoms. The molecule has 1 aromatic rings. The van der Waals surface area contributed by atoms with Crippen LogP contribution in [0.25, 0.3) is 0 Å². The highest BCUT2D eigenvalue weighted by molar-refractivity contribution is 8.67. The smallest absolute Gasteiger partial charge is 0.127 e. The number of ether oxygens (including phenoxy) is 1. The Morgan fingerprint density at radius 3 is 2.88 bits per heavy atom. The highest BCUT2D eigenvalue weighted by Crippen LogP contribution is 2.28. The van der Waals surface area contributed by atoms with Gasteiger partial charge in [-0.25, -0.2) is 4.39 Å². The zero-order valence-electron chi connectivity index (χ0n) is 9.65. The summed E-state index contributed by atoms with van der Waals surface area (Å²) in [6, 6.07) is 5.38. The van der Waals surface area contributed by atoms with Crippen LogP contribution in [0.15, 0.2) is 18.2 Å². The van der Waals surface area contributed by atoms with Crippen molar-refractivity contribution in [1.29, 1.82) is 0 Å². The van der Waals surface area contributed by atoms with Crippen molar-refractivity contribution in [3.05, 3.63) is 29.6 Å². The van der Waals surface area contributed by atoms with Crippen molar-refractivity contribution in [1.82, 2.24) is 4.72 Å². The SMILES string of the molecule is CCc1cc(F)cc(O[C@H]2C[C@@H](NSS)C2)c1. The van der Waals surface area contributed by atoms with E-state index in [-0.39, 0.29) is 11.9 Å². The lowest BCUT2D eigenvalue weighted by Gasteiger charge is -2.35. The number of halogens is 1. The lowest BCUT2D eigenvalue weighted by atomic mass is 9.90. The summed E-state index contributed by atoms with van der Waals surface area (Å²) in [6.07, 6.45) is 2.91. The van der Waals surface area contributed by atoms with Crippen molar-refractivity contribution in [3.8, 4) is 5.75 Å². The Balaban J connectivity index is 1.89. The van der Waals surface area contributed by atoms with Crippen molar-refractivity contribution >= 4 is 22.6 Å². The molecule has 1 saturated carbocycles. The molecule has 1 fully saturated rings. The maximum absolute atomic E-state index is 13.3. The van der Waals surface area contributed by atoms with E-state index in [9.17, 15) is 4.39 Å². The van der Waals surface area contributed by atoms with Gasteiger partial charge in [0.15, 0.2) is 0 Å². The molecule has 0 heterocycles. The number of thiol groups is 1. The van der Waals surface area contributed by atoms with Crippen molar-refractivity contribution in [2.24, 2.45) is 0 Å². The van der Waals surface area contributed by atoms with E-state index in [0.29, 0.717) is 11.8 Å².